The average molecular weight is 449 g/mol. The zero-order valence-electron chi connectivity index (χ0n) is 20.3. The molecule has 2 aromatic heterocycles. The minimum Gasteiger partial charge on any atom is -0.496 e. The van der Waals surface area contributed by atoms with Crippen molar-refractivity contribution in [3.8, 4) is 17.0 Å². The number of methoxy groups -OCH3 is 1. The second kappa shape index (κ2) is 8.96. The Labute approximate surface area is 195 Å². The number of aryl methyl sites for hydroxylation is 2. The van der Waals surface area contributed by atoms with Gasteiger partial charge in [0.25, 0.3) is 0 Å². The number of likely N-dealkylation sites (tertiary alicyclic amines) is 1. The van der Waals surface area contributed by atoms with Gasteiger partial charge in [-0.15, -0.1) is 0 Å². The normalized spacial score (nSPS) is 16.7. The SMILES string of the molecule is COc1cc(C)cc(C)c1-c1ccc2ncc(C3CCCN(C(=O)OC(C)(C)C)C3)nc2n1. The van der Waals surface area contributed by atoms with Crippen molar-refractivity contribution in [3.05, 3.63) is 47.3 Å². The fraction of sp³-hybridized carbons (Fsp3) is 0.462. The highest BCUT2D eigenvalue weighted by molar-refractivity contribution is 5.78. The van der Waals surface area contributed by atoms with Crippen molar-refractivity contribution in [2.45, 2.75) is 59.0 Å². The van der Waals surface area contributed by atoms with Crippen molar-refractivity contribution in [2.75, 3.05) is 20.2 Å². The van der Waals surface area contributed by atoms with E-state index in [0.29, 0.717) is 18.7 Å². The van der Waals surface area contributed by atoms with Crippen LogP contribution < -0.4 is 4.74 Å². The molecule has 1 aromatic carbocycles. The third-order valence-electron chi connectivity index (χ3n) is 5.84. The summed E-state index contributed by atoms with van der Waals surface area (Å²) in [6, 6.07) is 8.05. The molecule has 3 heterocycles. The molecule has 1 atom stereocenters. The van der Waals surface area contributed by atoms with Gasteiger partial charge in [-0.05, 0) is 76.8 Å². The first kappa shape index (κ1) is 23.0. The Morgan fingerprint density at radius 2 is 1.94 bits per heavy atom. The minimum atomic E-state index is -0.512. The molecule has 1 unspecified atom stereocenters. The first-order chi connectivity index (χ1) is 15.6. The number of hydrogen-bond acceptors (Lipinski definition) is 6. The van der Waals surface area contributed by atoms with Crippen molar-refractivity contribution in [1.82, 2.24) is 19.9 Å². The smallest absolute Gasteiger partial charge is 0.410 e. The van der Waals surface area contributed by atoms with Crippen LogP contribution in [0.3, 0.4) is 0 Å². The molecule has 0 aliphatic carbocycles. The van der Waals surface area contributed by atoms with E-state index in [1.54, 1.807) is 12.0 Å². The quantitative estimate of drug-likeness (QED) is 0.532. The molecule has 7 nitrogen and oxygen atoms in total. The lowest BCUT2D eigenvalue weighted by molar-refractivity contribution is 0.0197. The molecule has 3 aromatic rings. The van der Waals surface area contributed by atoms with E-state index in [-0.39, 0.29) is 12.0 Å². The van der Waals surface area contributed by atoms with Crippen molar-refractivity contribution in [2.24, 2.45) is 0 Å². The van der Waals surface area contributed by atoms with Crippen LogP contribution in [0.4, 0.5) is 4.79 Å². The van der Waals surface area contributed by atoms with Gasteiger partial charge in [-0.3, -0.25) is 4.98 Å². The highest BCUT2D eigenvalue weighted by Gasteiger charge is 2.29. The third-order valence-corrected chi connectivity index (χ3v) is 5.84. The van der Waals surface area contributed by atoms with Crippen LogP contribution in [0.1, 0.15) is 56.4 Å². The van der Waals surface area contributed by atoms with Crippen molar-refractivity contribution < 1.29 is 14.3 Å². The van der Waals surface area contributed by atoms with E-state index in [4.69, 9.17) is 19.4 Å². The lowest BCUT2D eigenvalue weighted by atomic mass is 9.95. The Morgan fingerprint density at radius 3 is 2.67 bits per heavy atom. The Bertz CT molecular complexity index is 1190. The minimum absolute atomic E-state index is 0.101. The highest BCUT2D eigenvalue weighted by Crippen LogP contribution is 2.34. The van der Waals surface area contributed by atoms with E-state index < -0.39 is 5.60 Å². The molecule has 1 saturated heterocycles. The molecule has 0 saturated carbocycles. The summed E-state index contributed by atoms with van der Waals surface area (Å²) in [6.45, 7) is 11.0. The summed E-state index contributed by atoms with van der Waals surface area (Å²) in [4.78, 5) is 28.7. The van der Waals surface area contributed by atoms with E-state index in [9.17, 15) is 4.79 Å². The molecule has 1 fully saturated rings. The molecule has 7 heteroatoms. The molecule has 0 spiro atoms. The predicted molar refractivity (Wildman–Crippen MR) is 129 cm³/mol. The lowest BCUT2D eigenvalue weighted by Crippen LogP contribution is -2.42. The largest absolute Gasteiger partial charge is 0.496 e. The number of carbonyl (C=O) groups excluding carboxylic acids is 1. The summed E-state index contributed by atoms with van der Waals surface area (Å²) in [7, 11) is 1.68. The fourth-order valence-corrected chi connectivity index (χ4v) is 4.38. The summed E-state index contributed by atoms with van der Waals surface area (Å²) >= 11 is 0. The number of rotatable bonds is 3. The second-order valence-electron chi connectivity index (χ2n) is 9.76. The molecule has 1 amide bonds. The van der Waals surface area contributed by atoms with Crippen LogP contribution in [0.25, 0.3) is 22.4 Å². The van der Waals surface area contributed by atoms with E-state index in [2.05, 4.69) is 24.9 Å². The van der Waals surface area contributed by atoms with Crippen LogP contribution in [0.2, 0.25) is 0 Å². The topological polar surface area (TPSA) is 77.4 Å². The first-order valence-corrected chi connectivity index (χ1v) is 11.4. The second-order valence-corrected chi connectivity index (χ2v) is 9.76. The Kier molecular flexibility index (Phi) is 6.23. The number of carbonyl (C=O) groups is 1. The predicted octanol–water partition coefficient (Wildman–Crippen LogP) is 5.43. The molecule has 1 aliphatic heterocycles. The molecular formula is C26H32N4O3. The molecule has 0 bridgehead atoms. The van der Waals surface area contributed by atoms with Crippen LogP contribution in [0, 0.1) is 13.8 Å². The van der Waals surface area contributed by atoms with E-state index in [1.807, 2.05) is 45.2 Å². The zero-order valence-corrected chi connectivity index (χ0v) is 20.3. The number of hydrogen-bond donors (Lipinski definition) is 0. The molecule has 4 rings (SSSR count). The number of pyridine rings is 1. The van der Waals surface area contributed by atoms with Crippen molar-refractivity contribution >= 4 is 17.3 Å². The van der Waals surface area contributed by atoms with Crippen molar-refractivity contribution in [3.63, 3.8) is 0 Å². The standard InChI is InChI=1S/C26H32N4O3/c1-16-12-17(2)23(22(13-16)32-6)19-9-10-20-24(28-19)29-21(14-27-20)18-8-7-11-30(15-18)25(31)33-26(3,4)5/h9-10,12-14,18H,7-8,11,15H2,1-6H3. The number of fused-ring (bicyclic) bond motifs is 1. The van der Waals surface area contributed by atoms with Gasteiger partial charge in [0.2, 0.25) is 0 Å². The summed E-state index contributed by atoms with van der Waals surface area (Å²) in [5, 5.41) is 0. The van der Waals surface area contributed by atoms with Crippen LogP contribution in [-0.2, 0) is 4.74 Å². The monoisotopic (exact) mass is 448 g/mol. The van der Waals surface area contributed by atoms with Gasteiger partial charge in [-0.25, -0.2) is 14.8 Å². The summed E-state index contributed by atoms with van der Waals surface area (Å²) in [5.74, 6) is 0.896. The number of ether oxygens (including phenoxy) is 2. The average Bonchev–Trinajstić information content (AvgIpc) is 2.76. The zero-order chi connectivity index (χ0) is 23.8. The number of piperidine rings is 1. The third kappa shape index (κ3) is 5.07. The van der Waals surface area contributed by atoms with Crippen LogP contribution in [-0.4, -0.2) is 51.7 Å². The van der Waals surface area contributed by atoms with Gasteiger partial charge in [-0.1, -0.05) is 6.07 Å². The summed E-state index contributed by atoms with van der Waals surface area (Å²) < 4.78 is 11.2. The molecule has 0 N–H and O–H groups in total. The Balaban J connectivity index is 1.64. The summed E-state index contributed by atoms with van der Waals surface area (Å²) in [5.41, 5.74) is 5.70. The number of benzene rings is 1. The number of aromatic nitrogens is 3. The molecule has 174 valence electrons. The van der Waals surface area contributed by atoms with Crippen LogP contribution in [0.15, 0.2) is 30.5 Å². The molecule has 0 radical (unpaired) electrons. The Morgan fingerprint density at radius 1 is 1.15 bits per heavy atom. The first-order valence-electron chi connectivity index (χ1n) is 11.4. The van der Waals surface area contributed by atoms with Gasteiger partial charge in [0.1, 0.15) is 16.9 Å². The van der Waals surface area contributed by atoms with E-state index in [0.717, 1.165) is 52.2 Å². The van der Waals surface area contributed by atoms with Gasteiger partial charge in [-0.2, -0.15) is 0 Å². The lowest BCUT2D eigenvalue weighted by Gasteiger charge is -2.33. The van der Waals surface area contributed by atoms with Gasteiger partial charge < -0.3 is 14.4 Å². The maximum atomic E-state index is 12.6. The van der Waals surface area contributed by atoms with Crippen LogP contribution >= 0.6 is 0 Å². The maximum Gasteiger partial charge on any atom is 0.410 e. The van der Waals surface area contributed by atoms with Crippen LogP contribution in [0.5, 0.6) is 5.75 Å². The number of nitrogens with zero attached hydrogens (tertiary/aromatic N) is 4. The van der Waals surface area contributed by atoms with E-state index >= 15 is 0 Å². The van der Waals surface area contributed by atoms with Gasteiger partial charge >= 0.3 is 6.09 Å². The van der Waals surface area contributed by atoms with E-state index in [1.165, 1.54) is 0 Å². The van der Waals surface area contributed by atoms with Gasteiger partial charge in [0.15, 0.2) is 5.65 Å². The van der Waals surface area contributed by atoms with Gasteiger partial charge in [0.05, 0.1) is 18.5 Å². The Hall–Kier alpha value is -3.22. The summed E-state index contributed by atoms with van der Waals surface area (Å²) in [6.07, 6.45) is 3.38. The van der Waals surface area contributed by atoms with Crippen molar-refractivity contribution in [1.29, 1.82) is 0 Å². The van der Waals surface area contributed by atoms with Gasteiger partial charge in [0, 0.05) is 30.8 Å². The molecular weight excluding hydrogens is 416 g/mol. The number of amides is 1. The molecule has 33 heavy (non-hydrogen) atoms. The maximum absolute atomic E-state index is 12.6. The fourth-order valence-electron chi connectivity index (χ4n) is 4.38. The molecule has 1 aliphatic rings. The highest BCUT2D eigenvalue weighted by atomic mass is 16.6.